The predicted molar refractivity (Wildman–Crippen MR) is 167 cm³/mol. The summed E-state index contributed by atoms with van der Waals surface area (Å²) in [7, 11) is 0. The maximum absolute atomic E-state index is 13.1. The van der Waals surface area contributed by atoms with Crippen LogP contribution in [0.4, 0.5) is 5.69 Å². The summed E-state index contributed by atoms with van der Waals surface area (Å²) in [6.07, 6.45) is 4.01. The number of nitrogens with one attached hydrogen (secondary N) is 1. The lowest BCUT2D eigenvalue weighted by Gasteiger charge is -2.32. The number of thiazole rings is 1. The average molecular weight is 579 g/mol. The zero-order chi connectivity index (χ0) is 27.9. The van der Waals surface area contributed by atoms with Gasteiger partial charge < -0.3 is 15.1 Å². The number of para-hydroxylation sites is 1. The number of piperidine rings is 1. The molecular weight excluding hydrogens is 545 g/mol. The summed E-state index contributed by atoms with van der Waals surface area (Å²) < 4.78 is 0.733. The van der Waals surface area contributed by atoms with Gasteiger partial charge in [0.05, 0.1) is 5.01 Å². The second-order valence-electron chi connectivity index (χ2n) is 9.70. The van der Waals surface area contributed by atoms with Crippen molar-refractivity contribution in [3.05, 3.63) is 82.5 Å². The van der Waals surface area contributed by atoms with Gasteiger partial charge in [-0.25, -0.2) is 4.98 Å². The van der Waals surface area contributed by atoms with Crippen molar-refractivity contribution < 1.29 is 9.59 Å². The Kier molecular flexibility index (Phi) is 9.94. The highest BCUT2D eigenvalue weighted by Gasteiger charge is 2.27. The van der Waals surface area contributed by atoms with Gasteiger partial charge in [0.1, 0.15) is 10.0 Å². The minimum absolute atomic E-state index is 0.134. The smallest absolute Gasteiger partial charge is 0.275 e. The molecule has 6 nitrogen and oxygen atoms in total. The molecule has 2 amide bonds. The van der Waals surface area contributed by atoms with Crippen molar-refractivity contribution in [1.29, 1.82) is 0 Å². The third-order valence-corrected chi connectivity index (χ3v) is 9.19. The minimum atomic E-state index is -0.213. The Morgan fingerprint density at radius 2 is 1.87 bits per heavy atom. The van der Waals surface area contributed by atoms with Crippen molar-refractivity contribution in [2.45, 2.75) is 39.0 Å². The van der Waals surface area contributed by atoms with E-state index in [0.29, 0.717) is 31.7 Å². The van der Waals surface area contributed by atoms with Crippen LogP contribution >= 0.6 is 35.3 Å². The molecule has 0 unspecified atom stereocenters. The molecule has 2 aromatic carbocycles. The summed E-state index contributed by atoms with van der Waals surface area (Å²) in [5.74, 6) is 0.168. The highest BCUT2D eigenvalue weighted by atomic mass is 32.2. The van der Waals surface area contributed by atoms with Crippen molar-refractivity contribution in [1.82, 2.24) is 14.8 Å². The molecule has 0 radical (unpaired) electrons. The maximum Gasteiger partial charge on any atom is 0.275 e. The first-order chi connectivity index (χ1) is 18.8. The highest BCUT2D eigenvalue weighted by Crippen LogP contribution is 2.32. The number of rotatable bonds is 8. The number of aryl methyl sites for hydroxylation is 1. The number of nitrogens with zero attached hydrogens (tertiary/aromatic N) is 3. The van der Waals surface area contributed by atoms with Gasteiger partial charge in [-0.2, -0.15) is 0 Å². The lowest BCUT2D eigenvalue weighted by atomic mass is 9.97. The first-order valence-corrected chi connectivity index (χ1v) is 15.5. The molecule has 0 atom stereocenters. The van der Waals surface area contributed by atoms with Crippen LogP contribution in [0.25, 0.3) is 11.1 Å². The van der Waals surface area contributed by atoms with Crippen molar-refractivity contribution in [3.8, 4) is 11.1 Å². The molecule has 3 aromatic rings. The van der Waals surface area contributed by atoms with E-state index < -0.39 is 0 Å². The van der Waals surface area contributed by atoms with Gasteiger partial charge in [0.25, 0.3) is 5.91 Å². The molecule has 0 bridgehead atoms. The van der Waals surface area contributed by atoms with Gasteiger partial charge in [-0.3, -0.25) is 9.59 Å². The molecule has 1 aromatic heterocycles. The number of thiocarbonyl (C=S) groups is 1. The summed E-state index contributed by atoms with van der Waals surface area (Å²) in [5.41, 5.74) is 5.25. The summed E-state index contributed by atoms with van der Waals surface area (Å²) in [6.45, 7) is 9.87. The third kappa shape index (κ3) is 7.35. The first kappa shape index (κ1) is 29.0. The van der Waals surface area contributed by atoms with Crippen molar-refractivity contribution in [2.24, 2.45) is 0 Å². The van der Waals surface area contributed by atoms with E-state index in [1.54, 1.807) is 0 Å². The molecule has 1 N–H and O–H groups in total. The number of hydrogen-bond donors (Lipinski definition) is 1. The lowest BCUT2D eigenvalue weighted by molar-refractivity contribution is -0.132. The topological polar surface area (TPSA) is 65.5 Å². The van der Waals surface area contributed by atoms with E-state index in [2.05, 4.69) is 43.1 Å². The maximum atomic E-state index is 13.1. The predicted octanol–water partition coefficient (Wildman–Crippen LogP) is 6.95. The zero-order valence-electron chi connectivity index (χ0n) is 22.6. The van der Waals surface area contributed by atoms with E-state index in [0.717, 1.165) is 44.7 Å². The number of hydrogen-bond acceptors (Lipinski definition) is 6. The molecule has 39 heavy (non-hydrogen) atoms. The number of carbonyl (C=O) groups is 2. The number of amides is 2. The minimum Gasteiger partial charge on any atom is -0.343 e. The fourth-order valence-electron chi connectivity index (χ4n) is 4.63. The van der Waals surface area contributed by atoms with E-state index in [4.69, 9.17) is 17.2 Å². The Bertz CT molecular complexity index is 1340. The van der Waals surface area contributed by atoms with Crippen LogP contribution in [-0.4, -0.2) is 56.8 Å². The van der Waals surface area contributed by atoms with E-state index in [1.165, 1.54) is 28.7 Å². The first-order valence-electron chi connectivity index (χ1n) is 13.0. The number of anilines is 1. The second kappa shape index (κ2) is 13.4. The summed E-state index contributed by atoms with van der Waals surface area (Å²) in [5, 5.41) is 5.84. The van der Waals surface area contributed by atoms with Crippen LogP contribution in [0.1, 0.15) is 53.2 Å². The SMILES string of the molecule is C=C(C)N(CCC(=O)N1CCC(c2nc(C(=O)Nc3ccccc3-c3ccc(C)cc3)cs2)CC1)C(=S)SC. The number of benzene rings is 2. The Hall–Kier alpha value is -3.01. The zero-order valence-corrected chi connectivity index (χ0v) is 25.1. The fraction of sp³-hybridized carbons (Fsp3) is 0.333. The van der Waals surface area contributed by atoms with Crippen LogP contribution < -0.4 is 5.32 Å². The van der Waals surface area contributed by atoms with Crippen LogP contribution in [0.2, 0.25) is 0 Å². The van der Waals surface area contributed by atoms with Crippen molar-refractivity contribution >= 4 is 57.1 Å². The molecule has 1 aliphatic heterocycles. The number of aromatic nitrogens is 1. The number of carbonyl (C=O) groups excluding carboxylic acids is 2. The van der Waals surface area contributed by atoms with Crippen LogP contribution in [0.3, 0.4) is 0 Å². The van der Waals surface area contributed by atoms with Crippen molar-refractivity contribution in [2.75, 3.05) is 31.2 Å². The molecule has 204 valence electrons. The Morgan fingerprint density at radius 1 is 1.18 bits per heavy atom. The van der Waals surface area contributed by atoms with Crippen LogP contribution in [0.5, 0.6) is 0 Å². The number of thioether (sulfide) groups is 1. The monoisotopic (exact) mass is 578 g/mol. The summed E-state index contributed by atoms with van der Waals surface area (Å²) >= 11 is 8.40. The fourth-order valence-corrected chi connectivity index (χ4v) is 6.32. The lowest BCUT2D eigenvalue weighted by Crippen LogP contribution is -2.39. The van der Waals surface area contributed by atoms with Gasteiger partial charge in [-0.05, 0) is 44.6 Å². The quantitative estimate of drug-likeness (QED) is 0.292. The van der Waals surface area contributed by atoms with Crippen LogP contribution in [-0.2, 0) is 4.79 Å². The summed E-state index contributed by atoms with van der Waals surface area (Å²) in [4.78, 5) is 34.5. The Balaban J connectivity index is 1.33. The van der Waals surface area contributed by atoms with Crippen LogP contribution in [0.15, 0.2) is 66.2 Å². The number of allylic oxidation sites excluding steroid dienone is 1. The molecule has 0 saturated carbocycles. The molecular formula is C30H34N4O2S3. The number of likely N-dealkylation sites (tertiary alicyclic amines) is 1. The molecule has 0 aliphatic carbocycles. The van der Waals surface area contributed by atoms with Gasteiger partial charge in [0, 0.05) is 54.3 Å². The molecule has 1 aliphatic rings. The highest BCUT2D eigenvalue weighted by molar-refractivity contribution is 8.22. The van der Waals surface area contributed by atoms with Gasteiger partial charge in [0.2, 0.25) is 5.91 Å². The molecule has 1 saturated heterocycles. The largest absolute Gasteiger partial charge is 0.343 e. The van der Waals surface area contributed by atoms with E-state index in [1.807, 2.05) is 52.6 Å². The van der Waals surface area contributed by atoms with Crippen LogP contribution in [0, 0.1) is 6.92 Å². The third-order valence-electron chi connectivity index (χ3n) is 6.89. The van der Waals surface area contributed by atoms with E-state index in [9.17, 15) is 9.59 Å². The Labute approximate surface area is 244 Å². The normalized spacial score (nSPS) is 13.7. The van der Waals surface area contributed by atoms with E-state index >= 15 is 0 Å². The van der Waals surface area contributed by atoms with E-state index in [-0.39, 0.29) is 17.7 Å². The average Bonchev–Trinajstić information content (AvgIpc) is 3.44. The second-order valence-corrected chi connectivity index (χ2v) is 12.0. The molecule has 0 spiro atoms. The van der Waals surface area contributed by atoms with Crippen molar-refractivity contribution in [3.63, 3.8) is 0 Å². The van der Waals surface area contributed by atoms with Gasteiger partial charge in [-0.1, -0.05) is 66.8 Å². The van der Waals surface area contributed by atoms with Gasteiger partial charge in [0.15, 0.2) is 0 Å². The summed E-state index contributed by atoms with van der Waals surface area (Å²) in [6, 6.07) is 16.1. The standard InChI is InChI=1S/C30H34N4O2S3/c1-20(2)34(30(37)38-4)18-15-27(35)33-16-13-23(14-17-33)29-32-26(19-39-29)28(36)31-25-8-6-5-7-24(25)22-11-9-21(3)10-12-22/h5-12,19,23H,1,13-18H2,2-4H3,(H,31,36). The molecule has 1 fully saturated rings. The van der Waals surface area contributed by atoms with Gasteiger partial charge >= 0.3 is 0 Å². The molecule has 4 rings (SSSR count). The Morgan fingerprint density at radius 3 is 2.54 bits per heavy atom. The molecule has 2 heterocycles. The van der Waals surface area contributed by atoms with Gasteiger partial charge in [-0.15, -0.1) is 23.1 Å². The molecule has 9 heteroatoms.